The van der Waals surface area contributed by atoms with Crippen molar-refractivity contribution in [3.63, 3.8) is 0 Å². The van der Waals surface area contributed by atoms with Crippen LogP contribution in [0.25, 0.3) is 0 Å². The lowest BCUT2D eigenvalue weighted by Crippen LogP contribution is -2.50. The highest BCUT2D eigenvalue weighted by Gasteiger charge is 2.42. The fourth-order valence-corrected chi connectivity index (χ4v) is 4.96. The lowest BCUT2D eigenvalue weighted by atomic mass is 9.74. The number of carbonyl (C=O) groups excluding carboxylic acids is 1. The second kappa shape index (κ2) is 8.78. The second-order valence-corrected chi connectivity index (χ2v) is 8.95. The Balaban J connectivity index is 1.88. The molecule has 1 aromatic carbocycles. The highest BCUT2D eigenvalue weighted by molar-refractivity contribution is 5.64. The summed E-state index contributed by atoms with van der Waals surface area (Å²) in [7, 11) is 3.27. The molecular formula is C22H33FN2O4. The van der Waals surface area contributed by atoms with Crippen molar-refractivity contribution in [1.29, 1.82) is 0 Å². The number of alkyl halides is 1. The molecule has 2 aliphatic rings. The molecule has 3 atom stereocenters. The van der Waals surface area contributed by atoms with Crippen LogP contribution in [0.1, 0.15) is 50.3 Å². The summed E-state index contributed by atoms with van der Waals surface area (Å²) in [6.07, 6.45) is 1.84. The van der Waals surface area contributed by atoms with E-state index in [9.17, 15) is 9.18 Å². The number of nitrogens with two attached hydrogens (primary N) is 1. The Bertz CT molecular complexity index is 740. The number of hydrogen-bond acceptors (Lipinski definition) is 5. The average Bonchev–Trinajstić information content (AvgIpc) is 2.66. The summed E-state index contributed by atoms with van der Waals surface area (Å²) in [5, 5.41) is 0. The van der Waals surface area contributed by atoms with Gasteiger partial charge >= 0.3 is 6.09 Å². The van der Waals surface area contributed by atoms with Gasteiger partial charge in [-0.15, -0.1) is 0 Å². The molecule has 0 bridgehead atoms. The van der Waals surface area contributed by atoms with Crippen LogP contribution in [0, 0.1) is 11.3 Å². The maximum Gasteiger partial charge on any atom is 0.404 e. The number of benzene rings is 1. The first-order chi connectivity index (χ1) is 13.8. The van der Waals surface area contributed by atoms with Crippen molar-refractivity contribution in [2.75, 3.05) is 34.0 Å². The van der Waals surface area contributed by atoms with Crippen molar-refractivity contribution >= 4 is 6.09 Å². The summed E-state index contributed by atoms with van der Waals surface area (Å²) in [6.45, 7) is 5.52. The van der Waals surface area contributed by atoms with Crippen molar-refractivity contribution in [2.45, 2.75) is 51.7 Å². The minimum absolute atomic E-state index is 0.127. The van der Waals surface area contributed by atoms with E-state index in [4.69, 9.17) is 19.9 Å². The maximum atomic E-state index is 13.0. The van der Waals surface area contributed by atoms with Crippen molar-refractivity contribution < 1.29 is 23.4 Å². The molecule has 6 nitrogen and oxygen atoms in total. The van der Waals surface area contributed by atoms with Gasteiger partial charge in [-0.3, -0.25) is 9.29 Å². The number of piperidine rings is 1. The number of nitrogens with zero attached hydrogens (tertiary/aromatic N) is 1. The largest absolute Gasteiger partial charge is 0.493 e. The van der Waals surface area contributed by atoms with Gasteiger partial charge in [0.2, 0.25) is 0 Å². The van der Waals surface area contributed by atoms with Crippen LogP contribution < -0.4 is 15.2 Å². The van der Waals surface area contributed by atoms with E-state index >= 15 is 0 Å². The number of carbonyl (C=O) groups is 1. The Morgan fingerprint density at radius 1 is 1.28 bits per heavy atom. The van der Waals surface area contributed by atoms with Crippen molar-refractivity contribution in [3.05, 3.63) is 23.3 Å². The van der Waals surface area contributed by atoms with Crippen LogP contribution in [-0.2, 0) is 11.2 Å². The number of halogens is 1. The number of hydrogen-bond donors (Lipinski definition) is 1. The topological polar surface area (TPSA) is 74.0 Å². The van der Waals surface area contributed by atoms with Crippen LogP contribution in [0.2, 0.25) is 0 Å². The molecule has 0 radical (unpaired) electrons. The fraction of sp³-hybridized carbons (Fsp3) is 0.682. The molecule has 0 unspecified atom stereocenters. The zero-order valence-corrected chi connectivity index (χ0v) is 17.9. The minimum Gasteiger partial charge on any atom is -0.493 e. The molecule has 1 aromatic rings. The maximum absolute atomic E-state index is 13.0. The smallest absolute Gasteiger partial charge is 0.404 e. The van der Waals surface area contributed by atoms with E-state index in [2.05, 4.69) is 18.7 Å². The molecule has 1 fully saturated rings. The van der Waals surface area contributed by atoms with Crippen LogP contribution in [-0.4, -0.2) is 51.1 Å². The van der Waals surface area contributed by atoms with Gasteiger partial charge in [0.25, 0.3) is 0 Å². The van der Waals surface area contributed by atoms with Gasteiger partial charge in [-0.1, -0.05) is 13.8 Å². The highest BCUT2D eigenvalue weighted by atomic mass is 19.1. The number of methoxy groups -OCH3 is 2. The molecule has 3 rings (SSSR count). The summed E-state index contributed by atoms with van der Waals surface area (Å²) in [5.74, 6) is 1.56. The lowest BCUT2D eigenvalue weighted by molar-refractivity contribution is -0.0351. The van der Waals surface area contributed by atoms with Crippen LogP contribution in [0.15, 0.2) is 12.1 Å². The van der Waals surface area contributed by atoms with E-state index in [0.29, 0.717) is 18.6 Å². The zero-order valence-electron chi connectivity index (χ0n) is 17.9. The van der Waals surface area contributed by atoms with Gasteiger partial charge in [0.1, 0.15) is 6.10 Å². The van der Waals surface area contributed by atoms with Gasteiger partial charge in [-0.2, -0.15) is 0 Å². The fourth-order valence-electron chi connectivity index (χ4n) is 4.96. The molecule has 2 heterocycles. The molecule has 7 heteroatoms. The minimum atomic E-state index is -0.750. The molecule has 162 valence electrons. The molecule has 2 aliphatic heterocycles. The van der Waals surface area contributed by atoms with Gasteiger partial charge in [0.05, 0.1) is 20.9 Å². The first-order valence-corrected chi connectivity index (χ1v) is 10.3. The van der Waals surface area contributed by atoms with Gasteiger partial charge in [-0.05, 0) is 47.9 Å². The predicted octanol–water partition coefficient (Wildman–Crippen LogP) is 3.86. The first kappa shape index (κ1) is 21.7. The number of amides is 1. The Labute approximate surface area is 172 Å². The van der Waals surface area contributed by atoms with Crippen LogP contribution in [0.5, 0.6) is 11.5 Å². The first-order valence-electron chi connectivity index (χ1n) is 10.3. The number of fused-ring (bicyclic) bond motifs is 3. The van der Waals surface area contributed by atoms with Crippen LogP contribution in [0.4, 0.5) is 9.18 Å². The summed E-state index contributed by atoms with van der Waals surface area (Å²) in [5.41, 5.74) is 7.65. The Kier molecular flexibility index (Phi) is 6.56. The predicted molar refractivity (Wildman–Crippen MR) is 109 cm³/mol. The number of primary amides is 1. The van der Waals surface area contributed by atoms with E-state index in [1.807, 2.05) is 12.1 Å². The SMILES string of the molecule is COc1cc2c(cc1OC)[C@H]1C[C@@H](OC(N)=O)[C@H](CC(C)(C)CCF)CN1CC2. The van der Waals surface area contributed by atoms with Gasteiger partial charge in [0.15, 0.2) is 11.5 Å². The standard InChI is InChI=1S/C22H33FN2O4/c1-22(2,6-7-23)12-15-13-25-8-5-14-9-19(27-3)20(28-4)10-16(14)17(25)11-18(15)29-21(24)26/h9-10,15,17-18H,5-8,11-13H2,1-4H3,(H2,24,26)/t15-,17-,18-/m1/s1. The molecule has 0 aliphatic carbocycles. The van der Waals surface area contributed by atoms with Gasteiger partial charge in [0, 0.05) is 31.5 Å². The quantitative estimate of drug-likeness (QED) is 0.742. The third-order valence-electron chi connectivity index (χ3n) is 6.42. The van der Waals surface area contributed by atoms with E-state index in [1.54, 1.807) is 14.2 Å². The molecule has 2 N–H and O–H groups in total. The number of ether oxygens (including phenoxy) is 3. The third-order valence-corrected chi connectivity index (χ3v) is 6.42. The lowest BCUT2D eigenvalue weighted by Gasteiger charge is -2.48. The molecule has 1 saturated heterocycles. The summed E-state index contributed by atoms with van der Waals surface area (Å²) in [4.78, 5) is 14.0. The summed E-state index contributed by atoms with van der Waals surface area (Å²) >= 11 is 0. The Morgan fingerprint density at radius 2 is 1.97 bits per heavy atom. The van der Waals surface area contributed by atoms with E-state index in [1.165, 1.54) is 11.1 Å². The molecule has 0 saturated carbocycles. The van der Waals surface area contributed by atoms with Crippen molar-refractivity contribution in [2.24, 2.45) is 17.1 Å². The average molecular weight is 409 g/mol. The van der Waals surface area contributed by atoms with E-state index < -0.39 is 6.09 Å². The van der Waals surface area contributed by atoms with E-state index in [-0.39, 0.29) is 30.2 Å². The van der Waals surface area contributed by atoms with Gasteiger partial charge in [-0.25, -0.2) is 4.79 Å². The molecule has 0 aromatic heterocycles. The Hall–Kier alpha value is -2.02. The van der Waals surface area contributed by atoms with Crippen molar-refractivity contribution in [1.82, 2.24) is 4.90 Å². The van der Waals surface area contributed by atoms with Crippen LogP contribution in [0.3, 0.4) is 0 Å². The highest BCUT2D eigenvalue weighted by Crippen LogP contribution is 2.45. The second-order valence-electron chi connectivity index (χ2n) is 8.95. The third kappa shape index (κ3) is 4.77. The monoisotopic (exact) mass is 408 g/mol. The zero-order chi connectivity index (χ0) is 21.2. The van der Waals surface area contributed by atoms with E-state index in [0.717, 1.165) is 31.7 Å². The molecule has 29 heavy (non-hydrogen) atoms. The summed E-state index contributed by atoms with van der Waals surface area (Å²) in [6, 6.07) is 4.22. The molecular weight excluding hydrogens is 375 g/mol. The van der Waals surface area contributed by atoms with Crippen molar-refractivity contribution in [3.8, 4) is 11.5 Å². The molecule has 1 amide bonds. The van der Waals surface area contributed by atoms with Crippen LogP contribution >= 0.6 is 0 Å². The summed E-state index contributed by atoms with van der Waals surface area (Å²) < 4.78 is 29.5. The molecule has 0 spiro atoms. The Morgan fingerprint density at radius 3 is 2.59 bits per heavy atom. The van der Waals surface area contributed by atoms with Gasteiger partial charge < -0.3 is 19.9 Å². The normalized spacial score (nSPS) is 24.4. The number of rotatable bonds is 7.